The van der Waals surface area contributed by atoms with Crippen LogP contribution in [0.3, 0.4) is 0 Å². The van der Waals surface area contributed by atoms with Gasteiger partial charge in [-0.25, -0.2) is 4.79 Å². The Balaban J connectivity index is 1.86. The Morgan fingerprint density at radius 2 is 1.69 bits per heavy atom. The van der Waals surface area contributed by atoms with Crippen LogP contribution in [0.15, 0.2) is 76.6 Å². The summed E-state index contributed by atoms with van der Waals surface area (Å²) in [5.41, 5.74) is 2.05. The summed E-state index contributed by atoms with van der Waals surface area (Å²) in [5.74, 6) is -0.791. The van der Waals surface area contributed by atoms with E-state index in [0.717, 1.165) is 11.1 Å². The first-order chi connectivity index (χ1) is 12.7. The van der Waals surface area contributed by atoms with Crippen molar-refractivity contribution in [1.82, 2.24) is 4.90 Å². The van der Waals surface area contributed by atoms with E-state index in [1.165, 1.54) is 24.9 Å². The summed E-state index contributed by atoms with van der Waals surface area (Å²) in [7, 11) is 1.29. The Hall–Kier alpha value is -2.86. The number of ether oxygens (including phenoxy) is 1. The Labute approximate surface area is 156 Å². The third-order valence-corrected chi connectivity index (χ3v) is 4.81. The van der Waals surface area contributed by atoms with Crippen LogP contribution in [0.1, 0.15) is 11.1 Å². The van der Waals surface area contributed by atoms with E-state index < -0.39 is 5.97 Å². The maximum absolute atomic E-state index is 12.7. The van der Waals surface area contributed by atoms with E-state index >= 15 is 0 Å². The van der Waals surface area contributed by atoms with Gasteiger partial charge >= 0.3 is 5.97 Å². The van der Waals surface area contributed by atoms with E-state index in [9.17, 15) is 9.59 Å². The van der Waals surface area contributed by atoms with Crippen molar-refractivity contribution in [2.75, 3.05) is 7.11 Å². The highest BCUT2D eigenvalue weighted by atomic mass is 32.2. The van der Waals surface area contributed by atoms with E-state index in [1.54, 1.807) is 4.90 Å². The molecule has 132 valence electrons. The van der Waals surface area contributed by atoms with Gasteiger partial charge < -0.3 is 4.74 Å². The number of esters is 1. The number of hydrogen-bond acceptors (Lipinski definition) is 5. The summed E-state index contributed by atoms with van der Waals surface area (Å²) in [6, 6.07) is 19.5. The first kappa shape index (κ1) is 17.9. The molecule has 1 amide bonds. The zero-order chi connectivity index (χ0) is 18.4. The predicted octanol–water partition coefficient (Wildman–Crippen LogP) is 3.38. The van der Waals surface area contributed by atoms with Gasteiger partial charge in [-0.3, -0.25) is 14.7 Å². The van der Waals surface area contributed by atoms with Crippen LogP contribution in [0.4, 0.5) is 0 Å². The molecular formula is C20H18N2O3S. The molecule has 6 heteroatoms. The van der Waals surface area contributed by atoms with Crippen LogP contribution < -0.4 is 0 Å². The van der Waals surface area contributed by atoms with E-state index in [4.69, 9.17) is 0 Å². The molecule has 0 N–H and O–H groups in total. The van der Waals surface area contributed by atoms with Crippen LogP contribution in [-0.4, -0.2) is 29.1 Å². The minimum Gasteiger partial charge on any atom is -0.466 e. The number of hydrogen-bond donors (Lipinski definition) is 0. The Bertz CT molecular complexity index is 848. The van der Waals surface area contributed by atoms with Gasteiger partial charge in [-0.1, -0.05) is 60.7 Å². The fourth-order valence-corrected chi connectivity index (χ4v) is 3.38. The van der Waals surface area contributed by atoms with Gasteiger partial charge in [0.2, 0.25) is 0 Å². The molecule has 0 saturated carbocycles. The highest BCUT2D eigenvalue weighted by Crippen LogP contribution is 2.32. The smallest absolute Gasteiger partial charge is 0.331 e. The maximum Gasteiger partial charge on any atom is 0.331 e. The van der Waals surface area contributed by atoms with Crippen LogP contribution in [0.2, 0.25) is 0 Å². The van der Waals surface area contributed by atoms with Gasteiger partial charge in [-0.05, 0) is 22.9 Å². The lowest BCUT2D eigenvalue weighted by atomic mass is 10.2. The number of nitrogens with zero attached hydrogens (tertiary/aromatic N) is 2. The number of thioether (sulfide) groups is 1. The molecule has 0 unspecified atom stereocenters. The maximum atomic E-state index is 12.7. The molecule has 1 fully saturated rings. The SMILES string of the molecule is COC(=O)/C=C1/SC(=NCc2ccccc2)N(Cc2ccccc2)C1=O. The lowest BCUT2D eigenvalue weighted by Gasteiger charge is -2.15. The lowest BCUT2D eigenvalue weighted by molar-refractivity contribution is -0.135. The van der Waals surface area contributed by atoms with Gasteiger partial charge in [-0.2, -0.15) is 0 Å². The minimum atomic E-state index is -0.551. The van der Waals surface area contributed by atoms with Gasteiger partial charge in [0.1, 0.15) is 0 Å². The van der Waals surface area contributed by atoms with Crippen molar-refractivity contribution >= 4 is 28.8 Å². The molecule has 5 nitrogen and oxygen atoms in total. The summed E-state index contributed by atoms with van der Waals surface area (Å²) >= 11 is 1.20. The molecular weight excluding hydrogens is 348 g/mol. The van der Waals surface area contributed by atoms with E-state index in [0.29, 0.717) is 23.2 Å². The second-order valence-corrected chi connectivity index (χ2v) is 6.60. The molecule has 1 aliphatic heterocycles. The molecule has 3 rings (SSSR count). The van der Waals surface area contributed by atoms with Crippen molar-refractivity contribution < 1.29 is 14.3 Å². The van der Waals surface area contributed by atoms with Crippen molar-refractivity contribution in [1.29, 1.82) is 0 Å². The van der Waals surface area contributed by atoms with Crippen molar-refractivity contribution in [2.24, 2.45) is 4.99 Å². The lowest BCUT2D eigenvalue weighted by Crippen LogP contribution is -2.28. The first-order valence-electron chi connectivity index (χ1n) is 8.09. The highest BCUT2D eigenvalue weighted by Gasteiger charge is 2.33. The monoisotopic (exact) mass is 366 g/mol. The van der Waals surface area contributed by atoms with Crippen LogP contribution in [0.5, 0.6) is 0 Å². The van der Waals surface area contributed by atoms with Crippen molar-refractivity contribution in [3.8, 4) is 0 Å². The minimum absolute atomic E-state index is 0.240. The number of carbonyl (C=O) groups excluding carboxylic acids is 2. The first-order valence-corrected chi connectivity index (χ1v) is 8.90. The Morgan fingerprint density at radius 1 is 1.08 bits per heavy atom. The number of methoxy groups -OCH3 is 1. The number of amides is 1. The zero-order valence-electron chi connectivity index (χ0n) is 14.3. The van der Waals surface area contributed by atoms with Crippen molar-refractivity contribution in [3.63, 3.8) is 0 Å². The van der Waals surface area contributed by atoms with Crippen molar-refractivity contribution in [2.45, 2.75) is 13.1 Å². The van der Waals surface area contributed by atoms with Gasteiger partial charge in [0.15, 0.2) is 5.17 Å². The number of rotatable bonds is 5. The topological polar surface area (TPSA) is 59.0 Å². The highest BCUT2D eigenvalue weighted by molar-refractivity contribution is 8.18. The Kier molecular flexibility index (Phi) is 5.86. The second kappa shape index (κ2) is 8.49. The summed E-state index contributed by atoms with van der Waals surface area (Å²) in [5, 5.41) is 0.581. The molecule has 2 aromatic rings. The molecule has 0 aromatic heterocycles. The number of benzene rings is 2. The fourth-order valence-electron chi connectivity index (χ4n) is 2.44. The quantitative estimate of drug-likeness (QED) is 0.601. The average molecular weight is 366 g/mol. The molecule has 0 bridgehead atoms. The van der Waals surface area contributed by atoms with Crippen molar-refractivity contribution in [3.05, 3.63) is 82.8 Å². The fraction of sp³-hybridized carbons (Fsp3) is 0.150. The van der Waals surface area contributed by atoms with Gasteiger partial charge in [0, 0.05) is 6.08 Å². The molecule has 0 aliphatic carbocycles. The third kappa shape index (κ3) is 4.40. The van der Waals surface area contributed by atoms with Gasteiger partial charge in [0.25, 0.3) is 5.91 Å². The standard InChI is InChI=1S/C20H18N2O3S/c1-25-18(23)12-17-19(24)22(14-16-10-6-3-7-11-16)20(26-17)21-13-15-8-4-2-5-9-15/h2-12H,13-14H2,1H3/b17-12+,21-20?. The summed E-state index contributed by atoms with van der Waals surface area (Å²) in [6.45, 7) is 0.867. The second-order valence-electron chi connectivity index (χ2n) is 5.60. The van der Waals surface area contributed by atoms with Crippen LogP contribution in [-0.2, 0) is 27.4 Å². The van der Waals surface area contributed by atoms with Gasteiger partial charge in [0.05, 0.1) is 25.1 Å². The zero-order valence-corrected chi connectivity index (χ0v) is 15.1. The molecule has 0 radical (unpaired) electrons. The van der Waals surface area contributed by atoms with E-state index in [1.807, 2.05) is 60.7 Å². The molecule has 26 heavy (non-hydrogen) atoms. The van der Waals surface area contributed by atoms with E-state index in [2.05, 4.69) is 9.73 Å². The predicted molar refractivity (Wildman–Crippen MR) is 102 cm³/mol. The largest absolute Gasteiger partial charge is 0.466 e. The van der Waals surface area contributed by atoms with Crippen LogP contribution in [0, 0.1) is 0 Å². The molecule has 2 aromatic carbocycles. The van der Waals surface area contributed by atoms with Crippen LogP contribution >= 0.6 is 11.8 Å². The molecule has 1 heterocycles. The van der Waals surface area contributed by atoms with Gasteiger partial charge in [-0.15, -0.1) is 0 Å². The van der Waals surface area contributed by atoms with E-state index in [-0.39, 0.29) is 5.91 Å². The van der Waals surface area contributed by atoms with Crippen LogP contribution in [0.25, 0.3) is 0 Å². The molecule has 0 spiro atoms. The summed E-state index contributed by atoms with van der Waals surface area (Å²) < 4.78 is 4.64. The molecule has 0 atom stereocenters. The molecule has 1 aliphatic rings. The number of carbonyl (C=O) groups is 2. The average Bonchev–Trinajstić information content (AvgIpc) is 2.97. The normalized spacial score (nSPS) is 17.1. The molecule has 1 saturated heterocycles. The summed E-state index contributed by atoms with van der Waals surface area (Å²) in [4.78, 5) is 30.8. The summed E-state index contributed by atoms with van der Waals surface area (Å²) in [6.07, 6.45) is 1.22. The number of amidine groups is 1. The Morgan fingerprint density at radius 3 is 2.31 bits per heavy atom. The number of aliphatic imine (C=N–C) groups is 1. The third-order valence-electron chi connectivity index (χ3n) is 3.76.